The van der Waals surface area contributed by atoms with E-state index in [1.165, 1.54) is 37.4 Å². The van der Waals surface area contributed by atoms with Gasteiger partial charge in [0.1, 0.15) is 0 Å². The van der Waals surface area contributed by atoms with Gasteiger partial charge in [-0.2, -0.15) is 0 Å². The van der Waals surface area contributed by atoms with Crippen molar-refractivity contribution in [1.29, 1.82) is 0 Å². The van der Waals surface area contributed by atoms with E-state index in [9.17, 15) is 0 Å². The molecule has 2 aliphatic rings. The van der Waals surface area contributed by atoms with Crippen LogP contribution < -0.4 is 10.6 Å². The summed E-state index contributed by atoms with van der Waals surface area (Å²) in [6.07, 6.45) is 2.59. The minimum Gasteiger partial charge on any atom is -0.357 e. The third kappa shape index (κ3) is 6.19. The van der Waals surface area contributed by atoms with Crippen LogP contribution in [0.1, 0.15) is 45.4 Å². The normalized spacial score (nSPS) is 27.5. The van der Waals surface area contributed by atoms with Crippen molar-refractivity contribution in [2.45, 2.75) is 59.2 Å². The number of thiophene rings is 1. The molecule has 3 rings (SSSR count). The number of piperidine rings is 1. The van der Waals surface area contributed by atoms with Gasteiger partial charge < -0.3 is 10.6 Å². The Morgan fingerprint density at radius 2 is 2.18 bits per heavy atom. The maximum absolute atomic E-state index is 4.99. The van der Waals surface area contributed by atoms with Crippen LogP contribution in [0.15, 0.2) is 22.5 Å². The van der Waals surface area contributed by atoms with E-state index < -0.39 is 0 Å². The van der Waals surface area contributed by atoms with Crippen LogP contribution in [0.5, 0.6) is 0 Å². The van der Waals surface area contributed by atoms with Gasteiger partial charge >= 0.3 is 0 Å². The van der Waals surface area contributed by atoms with Gasteiger partial charge in [-0.3, -0.25) is 14.8 Å². The number of hydrogen-bond donors (Lipinski definition) is 2. The Kier molecular flexibility index (Phi) is 8.18. The summed E-state index contributed by atoms with van der Waals surface area (Å²) in [5, 5.41) is 9.37. The molecule has 2 N–H and O–H groups in total. The average Bonchev–Trinajstić information content (AvgIpc) is 3.30. The second kappa shape index (κ2) is 10.6. The number of rotatable bonds is 7. The van der Waals surface area contributed by atoms with Crippen LogP contribution in [0.25, 0.3) is 0 Å². The summed E-state index contributed by atoms with van der Waals surface area (Å²) >= 11 is 1.87. The highest BCUT2D eigenvalue weighted by Gasteiger charge is 2.31. The summed E-state index contributed by atoms with van der Waals surface area (Å²) in [7, 11) is 0. The molecular formula is C22H39N5S. The van der Waals surface area contributed by atoms with Crippen molar-refractivity contribution in [1.82, 2.24) is 20.4 Å². The second-order valence-electron chi connectivity index (χ2n) is 8.82. The first-order valence-corrected chi connectivity index (χ1v) is 12.0. The van der Waals surface area contributed by atoms with Crippen molar-refractivity contribution in [3.8, 4) is 0 Å². The molecule has 0 saturated carbocycles. The number of guanidine groups is 1. The third-order valence-electron chi connectivity index (χ3n) is 6.11. The highest BCUT2D eigenvalue weighted by molar-refractivity contribution is 7.09. The molecule has 0 radical (unpaired) electrons. The molecule has 1 aromatic rings. The Hall–Kier alpha value is -1.11. The maximum Gasteiger partial charge on any atom is 0.191 e. The van der Waals surface area contributed by atoms with E-state index in [-0.39, 0.29) is 0 Å². The van der Waals surface area contributed by atoms with Gasteiger partial charge in [0.15, 0.2) is 5.96 Å². The largest absolute Gasteiger partial charge is 0.357 e. The molecule has 2 saturated heterocycles. The van der Waals surface area contributed by atoms with Crippen molar-refractivity contribution in [3.05, 3.63) is 22.4 Å². The first-order valence-electron chi connectivity index (χ1n) is 11.1. The lowest BCUT2D eigenvalue weighted by Crippen LogP contribution is -2.47. The number of nitrogens with zero attached hydrogens (tertiary/aromatic N) is 3. The van der Waals surface area contributed by atoms with Crippen molar-refractivity contribution in [2.75, 3.05) is 39.3 Å². The van der Waals surface area contributed by atoms with E-state index in [0.29, 0.717) is 23.9 Å². The summed E-state index contributed by atoms with van der Waals surface area (Å²) in [5.41, 5.74) is 0. The molecule has 3 atom stereocenters. The standard InChI is InChI=1S/C22H39N5S/c1-5-23-22(25-21-16-27(17(2)3)13-18(21)4)24-12-19-8-6-10-26(14-19)15-20-9-7-11-28-20/h7,9,11,17-19,21H,5-6,8,10,12-16H2,1-4H3,(H2,23,24,25). The first-order chi connectivity index (χ1) is 13.5. The molecule has 5 nitrogen and oxygen atoms in total. The van der Waals surface area contributed by atoms with Gasteiger partial charge in [-0.05, 0) is 63.4 Å². The Morgan fingerprint density at radius 3 is 2.86 bits per heavy atom. The molecule has 2 fully saturated rings. The Morgan fingerprint density at radius 1 is 1.32 bits per heavy atom. The molecule has 3 heterocycles. The van der Waals surface area contributed by atoms with E-state index in [0.717, 1.165) is 32.1 Å². The van der Waals surface area contributed by atoms with Gasteiger partial charge in [-0.25, -0.2) is 0 Å². The van der Waals surface area contributed by atoms with Crippen LogP contribution in [0.4, 0.5) is 0 Å². The summed E-state index contributed by atoms with van der Waals surface area (Å²) in [6.45, 7) is 16.7. The predicted molar refractivity (Wildman–Crippen MR) is 121 cm³/mol. The van der Waals surface area contributed by atoms with Gasteiger partial charge in [0.25, 0.3) is 0 Å². The number of aliphatic imine (C=N–C) groups is 1. The average molecular weight is 406 g/mol. The quantitative estimate of drug-likeness (QED) is 0.540. The first kappa shape index (κ1) is 21.6. The van der Waals surface area contributed by atoms with Gasteiger partial charge in [0.05, 0.1) is 0 Å². The fourth-order valence-corrected chi connectivity index (χ4v) is 5.14. The number of hydrogen-bond acceptors (Lipinski definition) is 4. The Balaban J connectivity index is 1.52. The second-order valence-corrected chi connectivity index (χ2v) is 9.85. The summed E-state index contributed by atoms with van der Waals surface area (Å²) in [4.78, 5) is 11.6. The van der Waals surface area contributed by atoms with Crippen LogP contribution in [0.3, 0.4) is 0 Å². The molecule has 2 aliphatic heterocycles. The number of likely N-dealkylation sites (tertiary alicyclic amines) is 2. The van der Waals surface area contributed by atoms with Crippen molar-refractivity contribution < 1.29 is 0 Å². The third-order valence-corrected chi connectivity index (χ3v) is 6.97. The molecule has 0 bridgehead atoms. The fraction of sp³-hybridized carbons (Fsp3) is 0.773. The van der Waals surface area contributed by atoms with Crippen molar-refractivity contribution in [3.63, 3.8) is 0 Å². The smallest absolute Gasteiger partial charge is 0.191 e. The van der Waals surface area contributed by atoms with Crippen LogP contribution in [-0.4, -0.2) is 67.1 Å². The monoisotopic (exact) mass is 405 g/mol. The van der Waals surface area contributed by atoms with Crippen LogP contribution in [0.2, 0.25) is 0 Å². The molecule has 1 aromatic heterocycles. The van der Waals surface area contributed by atoms with Gasteiger partial charge in [0.2, 0.25) is 0 Å². The molecule has 158 valence electrons. The highest BCUT2D eigenvalue weighted by Crippen LogP contribution is 2.21. The van der Waals surface area contributed by atoms with E-state index in [1.54, 1.807) is 0 Å². The van der Waals surface area contributed by atoms with E-state index in [4.69, 9.17) is 4.99 Å². The van der Waals surface area contributed by atoms with Crippen molar-refractivity contribution >= 4 is 17.3 Å². The molecule has 3 unspecified atom stereocenters. The molecule has 28 heavy (non-hydrogen) atoms. The zero-order valence-corrected chi connectivity index (χ0v) is 19.0. The maximum atomic E-state index is 4.99. The summed E-state index contributed by atoms with van der Waals surface area (Å²) < 4.78 is 0. The minimum absolute atomic E-state index is 0.488. The SMILES string of the molecule is CCNC(=NCC1CCCN(Cc2cccs2)C1)NC1CN(C(C)C)CC1C. The zero-order chi connectivity index (χ0) is 19.9. The van der Waals surface area contributed by atoms with E-state index >= 15 is 0 Å². The molecule has 0 aromatic carbocycles. The lowest BCUT2D eigenvalue weighted by atomic mass is 9.98. The Bertz CT molecular complexity index is 600. The van der Waals surface area contributed by atoms with E-state index in [1.807, 2.05) is 11.3 Å². The van der Waals surface area contributed by atoms with Gasteiger partial charge in [-0.15, -0.1) is 11.3 Å². The molecular weight excluding hydrogens is 366 g/mol. The van der Waals surface area contributed by atoms with Gasteiger partial charge in [0, 0.05) is 56.2 Å². The highest BCUT2D eigenvalue weighted by atomic mass is 32.1. The van der Waals surface area contributed by atoms with Crippen LogP contribution in [-0.2, 0) is 6.54 Å². The fourth-order valence-electron chi connectivity index (χ4n) is 4.40. The molecule has 0 aliphatic carbocycles. The number of nitrogens with one attached hydrogen (secondary N) is 2. The van der Waals surface area contributed by atoms with Gasteiger partial charge in [-0.1, -0.05) is 13.0 Å². The Labute approximate surface area is 175 Å². The van der Waals surface area contributed by atoms with E-state index in [2.05, 4.69) is 65.6 Å². The van der Waals surface area contributed by atoms with Crippen LogP contribution in [0, 0.1) is 11.8 Å². The summed E-state index contributed by atoms with van der Waals surface area (Å²) in [6, 6.07) is 5.51. The van der Waals surface area contributed by atoms with Crippen LogP contribution >= 0.6 is 11.3 Å². The lowest BCUT2D eigenvalue weighted by Gasteiger charge is -2.32. The molecule has 0 spiro atoms. The summed E-state index contributed by atoms with van der Waals surface area (Å²) in [5.74, 6) is 2.32. The predicted octanol–water partition coefficient (Wildman–Crippen LogP) is 3.24. The lowest BCUT2D eigenvalue weighted by molar-refractivity contribution is 0.172. The minimum atomic E-state index is 0.488. The van der Waals surface area contributed by atoms with Crippen molar-refractivity contribution in [2.24, 2.45) is 16.8 Å². The molecule has 6 heteroatoms. The zero-order valence-electron chi connectivity index (χ0n) is 18.2. The topological polar surface area (TPSA) is 42.9 Å². The molecule has 0 amide bonds.